The molecule has 1 aromatic carbocycles. The van der Waals surface area contributed by atoms with Gasteiger partial charge in [-0.1, -0.05) is 18.9 Å². The Morgan fingerprint density at radius 1 is 1.25 bits per heavy atom. The van der Waals surface area contributed by atoms with E-state index in [-0.39, 0.29) is 18.1 Å². The number of hydrogen-bond acceptors (Lipinski definition) is 4. The largest absolute Gasteiger partial charge is 0.379 e. The fourth-order valence-corrected chi connectivity index (χ4v) is 4.41. The molecule has 2 aliphatic rings. The van der Waals surface area contributed by atoms with Gasteiger partial charge in [-0.25, -0.2) is 12.8 Å². The summed E-state index contributed by atoms with van der Waals surface area (Å²) in [6.45, 7) is 0.286. The summed E-state index contributed by atoms with van der Waals surface area (Å²) in [5, 5.41) is -0.624. The molecule has 1 aliphatic carbocycles. The molecule has 1 aliphatic heterocycles. The Morgan fingerprint density at radius 3 is 2.40 bits per heavy atom. The molecule has 1 aromatic rings. The summed E-state index contributed by atoms with van der Waals surface area (Å²) >= 11 is 0. The normalized spacial score (nSPS) is 22.7. The highest BCUT2D eigenvalue weighted by Gasteiger charge is 2.37. The van der Waals surface area contributed by atoms with Crippen molar-refractivity contribution in [2.45, 2.75) is 41.4 Å². The molecule has 1 saturated heterocycles. The molecule has 0 unspecified atom stereocenters. The summed E-state index contributed by atoms with van der Waals surface area (Å²) in [6, 6.07) is 4.30. The van der Waals surface area contributed by atoms with Gasteiger partial charge in [0.25, 0.3) is 0 Å². The third-order valence-electron chi connectivity index (χ3n) is 4.36. The van der Waals surface area contributed by atoms with Gasteiger partial charge in [0.05, 0.1) is 13.2 Å². The molecule has 1 heterocycles. The molecule has 0 atom stereocenters. The number of halogens is 1. The molecule has 0 radical (unpaired) electrons. The van der Waals surface area contributed by atoms with Crippen molar-refractivity contribution >= 4 is 9.84 Å². The standard InChI is InChI=1S/C14H18FNO3S/c15-12-7-10(14(16)5-1-2-6-14)3-4-13(12)20(17,18)11-8-19-9-11/h3-4,7,11H,1-2,5-6,8-9,16H2. The lowest BCUT2D eigenvalue weighted by Gasteiger charge is -2.27. The van der Waals surface area contributed by atoms with E-state index in [1.807, 2.05) is 0 Å². The smallest absolute Gasteiger partial charge is 0.188 e. The number of benzene rings is 1. The SMILES string of the molecule is NC1(c2ccc(S(=O)(=O)C3COC3)c(F)c2)CCCC1. The van der Waals surface area contributed by atoms with Crippen molar-refractivity contribution in [3.8, 4) is 0 Å². The minimum Gasteiger partial charge on any atom is -0.379 e. The lowest BCUT2D eigenvalue weighted by molar-refractivity contribution is 0.0415. The number of hydrogen-bond donors (Lipinski definition) is 1. The molecule has 2 N–H and O–H groups in total. The van der Waals surface area contributed by atoms with E-state index in [4.69, 9.17) is 10.5 Å². The van der Waals surface area contributed by atoms with Gasteiger partial charge in [-0.3, -0.25) is 0 Å². The molecule has 0 aromatic heterocycles. The predicted molar refractivity (Wildman–Crippen MR) is 72.5 cm³/mol. The summed E-state index contributed by atoms with van der Waals surface area (Å²) in [4.78, 5) is -0.240. The van der Waals surface area contributed by atoms with Gasteiger partial charge >= 0.3 is 0 Å². The zero-order valence-corrected chi connectivity index (χ0v) is 12.0. The van der Waals surface area contributed by atoms with E-state index in [9.17, 15) is 12.8 Å². The molecule has 0 spiro atoms. The van der Waals surface area contributed by atoms with Crippen molar-refractivity contribution in [3.63, 3.8) is 0 Å². The van der Waals surface area contributed by atoms with Crippen LogP contribution in [0.15, 0.2) is 23.1 Å². The highest BCUT2D eigenvalue weighted by Crippen LogP contribution is 2.37. The summed E-state index contributed by atoms with van der Waals surface area (Å²) < 4.78 is 43.5. The van der Waals surface area contributed by atoms with Crippen molar-refractivity contribution in [2.75, 3.05) is 13.2 Å². The Morgan fingerprint density at radius 2 is 1.90 bits per heavy atom. The minimum absolute atomic E-state index is 0.143. The maximum atomic E-state index is 14.2. The molecule has 2 fully saturated rings. The average molecular weight is 299 g/mol. The highest BCUT2D eigenvalue weighted by atomic mass is 32.2. The van der Waals surface area contributed by atoms with Crippen LogP contribution in [0.4, 0.5) is 4.39 Å². The molecular weight excluding hydrogens is 281 g/mol. The van der Waals surface area contributed by atoms with E-state index >= 15 is 0 Å². The molecule has 3 rings (SSSR count). The first-order chi connectivity index (χ1) is 9.43. The minimum atomic E-state index is -3.63. The van der Waals surface area contributed by atoms with Crippen molar-refractivity contribution in [1.29, 1.82) is 0 Å². The molecule has 0 amide bonds. The number of rotatable bonds is 3. The van der Waals surface area contributed by atoms with Gasteiger partial charge in [-0.2, -0.15) is 0 Å². The summed E-state index contributed by atoms with van der Waals surface area (Å²) in [7, 11) is -3.63. The van der Waals surface area contributed by atoms with Crippen LogP contribution in [0.3, 0.4) is 0 Å². The Labute approximate surface area is 118 Å². The van der Waals surface area contributed by atoms with Crippen LogP contribution in [0.5, 0.6) is 0 Å². The number of ether oxygens (including phenoxy) is 1. The Hall–Kier alpha value is -0.980. The zero-order chi connectivity index (χ0) is 14.4. The first-order valence-corrected chi connectivity index (χ1v) is 8.39. The first kappa shape index (κ1) is 14.0. The van der Waals surface area contributed by atoms with Crippen LogP contribution in [0.25, 0.3) is 0 Å². The summed E-state index contributed by atoms with van der Waals surface area (Å²) in [5.74, 6) is -0.703. The fourth-order valence-electron chi connectivity index (χ4n) is 2.91. The molecule has 1 saturated carbocycles. The number of nitrogens with two attached hydrogens (primary N) is 1. The van der Waals surface area contributed by atoms with E-state index in [1.165, 1.54) is 12.1 Å². The van der Waals surface area contributed by atoms with Gasteiger partial charge in [0.15, 0.2) is 9.84 Å². The van der Waals surface area contributed by atoms with Gasteiger partial charge in [0, 0.05) is 5.54 Å². The van der Waals surface area contributed by atoms with Crippen molar-refractivity contribution in [2.24, 2.45) is 5.73 Å². The van der Waals surface area contributed by atoms with Crippen molar-refractivity contribution < 1.29 is 17.5 Å². The van der Waals surface area contributed by atoms with Crippen molar-refractivity contribution in [1.82, 2.24) is 0 Å². The molecule has 20 heavy (non-hydrogen) atoms. The molecule has 0 bridgehead atoms. The molecular formula is C14H18FNO3S. The topological polar surface area (TPSA) is 69.4 Å². The van der Waals surface area contributed by atoms with Crippen LogP contribution in [0.2, 0.25) is 0 Å². The van der Waals surface area contributed by atoms with E-state index in [1.54, 1.807) is 6.07 Å². The van der Waals surface area contributed by atoms with E-state index in [0.29, 0.717) is 5.56 Å². The van der Waals surface area contributed by atoms with Crippen LogP contribution in [-0.2, 0) is 20.1 Å². The second-order valence-electron chi connectivity index (χ2n) is 5.71. The van der Waals surface area contributed by atoms with Gasteiger partial charge in [-0.05, 0) is 30.5 Å². The third kappa shape index (κ3) is 2.16. The van der Waals surface area contributed by atoms with Gasteiger partial charge < -0.3 is 10.5 Å². The molecule has 4 nitrogen and oxygen atoms in total. The van der Waals surface area contributed by atoms with Crippen LogP contribution in [-0.4, -0.2) is 26.9 Å². The Balaban J connectivity index is 1.95. The van der Waals surface area contributed by atoms with E-state index in [0.717, 1.165) is 25.7 Å². The Kier molecular flexibility index (Phi) is 3.35. The zero-order valence-electron chi connectivity index (χ0n) is 11.1. The van der Waals surface area contributed by atoms with E-state index in [2.05, 4.69) is 0 Å². The van der Waals surface area contributed by atoms with Crippen LogP contribution in [0, 0.1) is 5.82 Å². The lowest BCUT2D eigenvalue weighted by atomic mass is 9.89. The van der Waals surface area contributed by atoms with Gasteiger partial charge in [0.2, 0.25) is 0 Å². The second kappa shape index (κ2) is 4.79. The van der Waals surface area contributed by atoms with Crippen LogP contribution in [0.1, 0.15) is 31.2 Å². The second-order valence-corrected chi connectivity index (χ2v) is 7.91. The van der Waals surface area contributed by atoms with Crippen molar-refractivity contribution in [3.05, 3.63) is 29.6 Å². The van der Waals surface area contributed by atoms with Crippen LogP contribution >= 0.6 is 0 Å². The van der Waals surface area contributed by atoms with Gasteiger partial charge in [0.1, 0.15) is 16.0 Å². The monoisotopic (exact) mass is 299 g/mol. The molecule has 110 valence electrons. The van der Waals surface area contributed by atoms with Crippen LogP contribution < -0.4 is 5.73 Å². The summed E-state index contributed by atoms with van der Waals surface area (Å²) in [6.07, 6.45) is 3.68. The Bertz CT molecular complexity index is 619. The lowest BCUT2D eigenvalue weighted by Crippen LogP contribution is -2.41. The summed E-state index contributed by atoms with van der Waals surface area (Å²) in [5.41, 5.74) is 6.45. The maximum Gasteiger partial charge on any atom is 0.188 e. The van der Waals surface area contributed by atoms with E-state index < -0.39 is 26.4 Å². The third-order valence-corrected chi connectivity index (χ3v) is 6.45. The predicted octanol–water partition coefficient (Wildman–Crippen LogP) is 1.73. The average Bonchev–Trinajstić information content (AvgIpc) is 2.74. The number of sulfone groups is 1. The van der Waals surface area contributed by atoms with Gasteiger partial charge in [-0.15, -0.1) is 0 Å². The first-order valence-electron chi connectivity index (χ1n) is 6.84. The quantitative estimate of drug-likeness (QED) is 0.923. The fraction of sp³-hybridized carbons (Fsp3) is 0.571. The maximum absolute atomic E-state index is 14.2. The highest BCUT2D eigenvalue weighted by molar-refractivity contribution is 7.92. The molecule has 6 heteroatoms.